The maximum absolute atomic E-state index is 5.28. The first-order valence-electron chi connectivity index (χ1n) is 18.9. The van der Waals surface area contributed by atoms with Crippen LogP contribution in [0.2, 0.25) is 0 Å². The molecule has 0 spiro atoms. The molecule has 8 aromatic carbocycles. The molecule has 0 amide bonds. The molecular weight excluding hydrogens is 681 g/mol. The van der Waals surface area contributed by atoms with Crippen LogP contribution in [0, 0.1) is 0 Å². The van der Waals surface area contributed by atoms with Crippen molar-refractivity contribution >= 4 is 54.1 Å². The van der Waals surface area contributed by atoms with Gasteiger partial charge in [-0.3, -0.25) is 4.98 Å². The van der Waals surface area contributed by atoms with Gasteiger partial charge < -0.3 is 0 Å². The largest absolute Gasteiger partial charge is 0.260 e. The number of fused-ring (bicyclic) bond motifs is 7. The fourth-order valence-corrected chi connectivity index (χ4v) is 8.03. The summed E-state index contributed by atoms with van der Waals surface area (Å²) in [7, 11) is 0. The molecule has 260 valence electrons. The normalized spacial score (nSPS) is 11.6. The molecule has 56 heavy (non-hydrogen) atoms. The van der Waals surface area contributed by atoms with Gasteiger partial charge in [-0.1, -0.05) is 152 Å². The standard InChI is InChI=1S/C52H32N4/c1-2-9-38-28-42(23-16-33(38)8-1)50-32-53-31-49(54-50)35-19-17-34(18-20-35)47-26-24-36-21-22-37-25-27-48(56-52(37)51(36)55-47)41-12-7-11-39(29-41)46-30-40-10-3-4-13-43(40)44-14-5-6-15-45(44)46/h1-32H. The summed E-state index contributed by atoms with van der Waals surface area (Å²) >= 11 is 0. The predicted molar refractivity (Wildman–Crippen MR) is 232 cm³/mol. The highest BCUT2D eigenvalue weighted by Gasteiger charge is 2.13. The van der Waals surface area contributed by atoms with Gasteiger partial charge in [0.25, 0.3) is 0 Å². The van der Waals surface area contributed by atoms with Crippen molar-refractivity contribution in [2.24, 2.45) is 0 Å². The summed E-state index contributed by atoms with van der Waals surface area (Å²) in [5.41, 5.74) is 11.8. The third-order valence-corrected chi connectivity index (χ3v) is 10.9. The van der Waals surface area contributed by atoms with Crippen LogP contribution in [0.5, 0.6) is 0 Å². The highest BCUT2D eigenvalue weighted by molar-refractivity contribution is 6.14. The number of benzene rings is 8. The minimum Gasteiger partial charge on any atom is -0.260 e. The second-order valence-corrected chi connectivity index (χ2v) is 14.3. The van der Waals surface area contributed by atoms with E-state index in [1.54, 1.807) is 0 Å². The lowest BCUT2D eigenvalue weighted by Crippen LogP contribution is -1.92. The first-order chi connectivity index (χ1) is 27.7. The molecule has 4 heteroatoms. The second kappa shape index (κ2) is 13.1. The topological polar surface area (TPSA) is 51.6 Å². The smallest absolute Gasteiger partial charge is 0.0972 e. The van der Waals surface area contributed by atoms with Crippen LogP contribution in [-0.2, 0) is 0 Å². The van der Waals surface area contributed by atoms with Gasteiger partial charge in [0.1, 0.15) is 0 Å². The lowest BCUT2D eigenvalue weighted by Gasteiger charge is -2.12. The maximum atomic E-state index is 5.28. The number of hydrogen-bond donors (Lipinski definition) is 0. The van der Waals surface area contributed by atoms with Crippen LogP contribution in [-0.4, -0.2) is 19.9 Å². The molecule has 0 N–H and O–H groups in total. The van der Waals surface area contributed by atoms with Gasteiger partial charge in [0.15, 0.2) is 0 Å². The fourth-order valence-electron chi connectivity index (χ4n) is 8.03. The zero-order valence-electron chi connectivity index (χ0n) is 30.3. The Balaban J connectivity index is 0.939. The van der Waals surface area contributed by atoms with E-state index >= 15 is 0 Å². The average molecular weight is 713 g/mol. The van der Waals surface area contributed by atoms with E-state index in [1.807, 2.05) is 12.4 Å². The molecule has 11 rings (SSSR count). The number of hydrogen-bond acceptors (Lipinski definition) is 4. The molecule has 0 saturated carbocycles. The van der Waals surface area contributed by atoms with E-state index in [1.165, 1.54) is 43.4 Å². The van der Waals surface area contributed by atoms with Crippen molar-refractivity contribution in [3.8, 4) is 56.2 Å². The van der Waals surface area contributed by atoms with E-state index < -0.39 is 0 Å². The van der Waals surface area contributed by atoms with E-state index in [-0.39, 0.29) is 0 Å². The first-order valence-corrected chi connectivity index (χ1v) is 18.9. The van der Waals surface area contributed by atoms with Crippen molar-refractivity contribution in [1.29, 1.82) is 0 Å². The van der Waals surface area contributed by atoms with Gasteiger partial charge in [0.2, 0.25) is 0 Å². The van der Waals surface area contributed by atoms with E-state index in [2.05, 4.69) is 187 Å². The molecule has 0 bridgehead atoms. The van der Waals surface area contributed by atoms with E-state index in [9.17, 15) is 0 Å². The van der Waals surface area contributed by atoms with Gasteiger partial charge in [-0.15, -0.1) is 0 Å². The molecule has 0 fully saturated rings. The number of pyridine rings is 2. The Labute approximate surface area is 323 Å². The molecular formula is C52H32N4. The molecule has 3 heterocycles. The van der Waals surface area contributed by atoms with Crippen molar-refractivity contribution in [2.45, 2.75) is 0 Å². The SMILES string of the molecule is c1cc(-c2ccc3ccc4ccc(-c5ccc(-c6cncc(-c7ccc8ccccc8c7)n6)cc5)nc4c3n2)cc(-c2cc3ccccc3c3ccccc23)c1. The van der Waals surface area contributed by atoms with Crippen LogP contribution in [0.3, 0.4) is 0 Å². The molecule has 0 saturated heterocycles. The van der Waals surface area contributed by atoms with Crippen molar-refractivity contribution in [3.63, 3.8) is 0 Å². The first kappa shape index (κ1) is 31.9. The van der Waals surface area contributed by atoms with E-state index in [0.717, 1.165) is 66.8 Å². The molecule has 0 aliphatic rings. The van der Waals surface area contributed by atoms with Crippen molar-refractivity contribution < 1.29 is 0 Å². The lowest BCUT2D eigenvalue weighted by atomic mass is 9.92. The van der Waals surface area contributed by atoms with Gasteiger partial charge in [0.05, 0.1) is 46.2 Å². The van der Waals surface area contributed by atoms with Crippen LogP contribution in [0.1, 0.15) is 0 Å². The number of rotatable bonds is 5. The van der Waals surface area contributed by atoms with E-state index in [0.29, 0.717) is 0 Å². The van der Waals surface area contributed by atoms with Crippen molar-refractivity contribution in [2.75, 3.05) is 0 Å². The van der Waals surface area contributed by atoms with Gasteiger partial charge in [-0.05, 0) is 73.8 Å². The minimum atomic E-state index is 0.828. The summed E-state index contributed by atoms with van der Waals surface area (Å²) in [5, 5.41) is 9.51. The summed E-state index contributed by atoms with van der Waals surface area (Å²) < 4.78 is 0. The summed E-state index contributed by atoms with van der Waals surface area (Å²) in [6.45, 7) is 0. The van der Waals surface area contributed by atoms with Crippen LogP contribution in [0.25, 0.3) is 110 Å². The third kappa shape index (κ3) is 5.55. The maximum Gasteiger partial charge on any atom is 0.0972 e. The van der Waals surface area contributed by atoms with Gasteiger partial charge in [-0.2, -0.15) is 0 Å². The quantitative estimate of drug-likeness (QED) is 0.167. The Morgan fingerprint density at radius 1 is 0.268 bits per heavy atom. The van der Waals surface area contributed by atoms with Gasteiger partial charge >= 0.3 is 0 Å². The zero-order valence-corrected chi connectivity index (χ0v) is 30.3. The van der Waals surface area contributed by atoms with Crippen LogP contribution in [0.4, 0.5) is 0 Å². The van der Waals surface area contributed by atoms with Crippen LogP contribution in [0.15, 0.2) is 194 Å². The molecule has 0 aliphatic carbocycles. The Morgan fingerprint density at radius 3 is 1.54 bits per heavy atom. The molecule has 11 aromatic rings. The number of aromatic nitrogens is 4. The highest BCUT2D eigenvalue weighted by atomic mass is 14.8. The highest BCUT2D eigenvalue weighted by Crippen LogP contribution is 2.37. The Morgan fingerprint density at radius 2 is 0.786 bits per heavy atom. The van der Waals surface area contributed by atoms with Crippen LogP contribution < -0.4 is 0 Å². The predicted octanol–water partition coefficient (Wildman–Crippen LogP) is 13.4. The molecule has 0 radical (unpaired) electrons. The van der Waals surface area contributed by atoms with Crippen molar-refractivity contribution in [3.05, 3.63) is 194 Å². The third-order valence-electron chi connectivity index (χ3n) is 10.9. The molecule has 3 aromatic heterocycles. The molecule has 0 atom stereocenters. The van der Waals surface area contributed by atoms with E-state index in [4.69, 9.17) is 15.0 Å². The summed E-state index contributed by atoms with van der Waals surface area (Å²) in [5.74, 6) is 0. The fraction of sp³-hybridized carbons (Fsp3) is 0. The molecule has 4 nitrogen and oxygen atoms in total. The zero-order chi connectivity index (χ0) is 37.0. The lowest BCUT2D eigenvalue weighted by molar-refractivity contribution is 1.21. The van der Waals surface area contributed by atoms with Gasteiger partial charge in [0, 0.05) is 33.0 Å². The summed E-state index contributed by atoms with van der Waals surface area (Å²) in [6.07, 6.45) is 3.65. The van der Waals surface area contributed by atoms with Crippen molar-refractivity contribution in [1.82, 2.24) is 19.9 Å². The Kier molecular flexibility index (Phi) is 7.46. The molecule has 0 aliphatic heterocycles. The average Bonchev–Trinajstić information content (AvgIpc) is 3.28. The van der Waals surface area contributed by atoms with Crippen LogP contribution >= 0.6 is 0 Å². The Bertz CT molecular complexity index is 3310. The van der Waals surface area contributed by atoms with Gasteiger partial charge in [-0.25, -0.2) is 15.0 Å². The molecule has 0 unspecified atom stereocenters. The second-order valence-electron chi connectivity index (χ2n) is 14.3. The summed E-state index contributed by atoms with van der Waals surface area (Å²) in [6, 6.07) is 64.3. The monoisotopic (exact) mass is 712 g/mol. The minimum absolute atomic E-state index is 0.828. The number of nitrogens with zero attached hydrogens (tertiary/aromatic N) is 4. The summed E-state index contributed by atoms with van der Waals surface area (Å²) in [4.78, 5) is 20.1. The Hall–Kier alpha value is -7.56.